The summed E-state index contributed by atoms with van der Waals surface area (Å²) >= 11 is 0. The van der Waals surface area contributed by atoms with Crippen molar-refractivity contribution in [3.05, 3.63) is 96.6 Å². The summed E-state index contributed by atoms with van der Waals surface area (Å²) in [5.41, 5.74) is -1.56. The molecule has 0 aromatic heterocycles. The maximum Gasteiger partial charge on any atom is 0.320 e. The predicted octanol–water partition coefficient (Wildman–Crippen LogP) is 8.13. The molecule has 0 unspecified atom stereocenters. The average Bonchev–Trinajstić information content (AvgIpc) is 3.09. The van der Waals surface area contributed by atoms with Crippen molar-refractivity contribution in [1.29, 1.82) is 5.26 Å². The number of carbonyl (C=O) groups is 3. The number of rotatable bonds is 16. The van der Waals surface area contributed by atoms with Gasteiger partial charge in [-0.05, 0) is 66.9 Å². The number of esters is 1. The summed E-state index contributed by atoms with van der Waals surface area (Å²) in [7, 11) is -2.70. The Morgan fingerprint density at radius 3 is 1.94 bits per heavy atom. The zero-order chi connectivity index (χ0) is 38.0. The van der Waals surface area contributed by atoms with Crippen LogP contribution in [-0.4, -0.2) is 44.2 Å². The number of nitrogens with zero attached hydrogens (tertiary/aromatic N) is 1. The summed E-state index contributed by atoms with van der Waals surface area (Å²) in [5, 5.41) is 11.9. The smallest absolute Gasteiger partial charge is 0.320 e. The number of ketones is 2. The van der Waals surface area contributed by atoms with Gasteiger partial charge in [-0.3, -0.25) is 14.4 Å². The molecule has 0 amide bonds. The molecule has 1 fully saturated rings. The van der Waals surface area contributed by atoms with E-state index in [1.54, 1.807) is 20.8 Å². The molecule has 0 bridgehead atoms. The van der Waals surface area contributed by atoms with Gasteiger partial charge >= 0.3 is 5.97 Å². The largest absolute Gasteiger partial charge is 0.459 e. The van der Waals surface area contributed by atoms with E-state index in [-0.39, 0.29) is 61.2 Å². The van der Waals surface area contributed by atoms with E-state index in [1.807, 2.05) is 49.4 Å². The summed E-state index contributed by atoms with van der Waals surface area (Å²) in [5.74, 6) is -1.99. The Bertz CT molecular complexity index is 1620. The van der Waals surface area contributed by atoms with Crippen LogP contribution >= 0.6 is 0 Å². The first-order chi connectivity index (χ1) is 24.7. The van der Waals surface area contributed by atoms with Gasteiger partial charge in [0.25, 0.3) is 8.32 Å². The minimum atomic E-state index is -2.70. The Morgan fingerprint density at radius 2 is 1.42 bits per heavy atom. The number of nitriles is 1. The van der Waals surface area contributed by atoms with Gasteiger partial charge in [0.05, 0.1) is 18.8 Å². The van der Waals surface area contributed by atoms with Gasteiger partial charge in [0, 0.05) is 38.2 Å². The van der Waals surface area contributed by atoms with Crippen molar-refractivity contribution in [2.45, 2.75) is 117 Å². The first-order valence-corrected chi connectivity index (χ1v) is 20.6. The van der Waals surface area contributed by atoms with Crippen LogP contribution in [-0.2, 0) is 34.9 Å². The maximum atomic E-state index is 14.1. The van der Waals surface area contributed by atoms with Crippen LogP contribution in [0, 0.1) is 28.6 Å². The molecule has 1 aliphatic rings. The van der Waals surface area contributed by atoms with E-state index >= 15 is 0 Å². The number of hydrogen-bond donors (Lipinski definition) is 0. The molecule has 1 saturated carbocycles. The minimum Gasteiger partial charge on any atom is -0.459 e. The van der Waals surface area contributed by atoms with Crippen LogP contribution < -0.4 is 10.4 Å². The highest BCUT2D eigenvalue weighted by molar-refractivity contribution is 6.99. The van der Waals surface area contributed by atoms with E-state index in [2.05, 4.69) is 75.4 Å². The van der Waals surface area contributed by atoms with E-state index in [4.69, 9.17) is 13.9 Å². The Morgan fingerprint density at radius 1 is 0.865 bits per heavy atom. The van der Waals surface area contributed by atoms with Crippen LogP contribution in [0.5, 0.6) is 0 Å². The number of hydrogen-bond acceptors (Lipinski definition) is 7. The van der Waals surface area contributed by atoms with E-state index in [0.717, 1.165) is 5.56 Å². The van der Waals surface area contributed by atoms with Crippen LogP contribution in [0.2, 0.25) is 5.04 Å². The number of ether oxygens (including phenoxy) is 2. The highest BCUT2D eigenvalue weighted by Gasteiger charge is 2.60. The fraction of sp³-hybridized carbons (Fsp3) is 0.500. The second-order valence-corrected chi connectivity index (χ2v) is 20.6. The number of benzene rings is 3. The number of unbranched alkanes of at least 4 members (excludes halogenated alkanes) is 1. The Balaban J connectivity index is 1.56. The molecule has 0 heterocycles. The van der Waals surface area contributed by atoms with Crippen LogP contribution in [0.4, 0.5) is 0 Å². The molecule has 4 rings (SSSR count). The van der Waals surface area contributed by atoms with Gasteiger partial charge < -0.3 is 13.9 Å². The molecular formula is C44H57NO6Si. The lowest BCUT2D eigenvalue weighted by Crippen LogP contribution is -2.66. The average molecular weight is 724 g/mol. The molecule has 7 nitrogen and oxygen atoms in total. The summed E-state index contributed by atoms with van der Waals surface area (Å²) in [6.07, 6.45) is 1.04. The topological polar surface area (TPSA) is 103 Å². The Kier molecular flexibility index (Phi) is 13.9. The summed E-state index contributed by atoms with van der Waals surface area (Å²) < 4.78 is 19.5. The van der Waals surface area contributed by atoms with Crippen LogP contribution in [0.15, 0.2) is 91.0 Å². The van der Waals surface area contributed by atoms with Gasteiger partial charge in [-0.2, -0.15) is 5.26 Å². The molecule has 0 aliphatic heterocycles. The highest BCUT2D eigenvalue weighted by Crippen LogP contribution is 2.49. The Hall–Kier alpha value is -3.90. The van der Waals surface area contributed by atoms with E-state index in [0.29, 0.717) is 19.4 Å². The van der Waals surface area contributed by atoms with Gasteiger partial charge in [0.15, 0.2) is 5.78 Å². The molecule has 278 valence electrons. The lowest BCUT2D eigenvalue weighted by molar-refractivity contribution is -0.189. The summed E-state index contributed by atoms with van der Waals surface area (Å²) in [6, 6.07) is 32.8. The molecule has 3 aromatic carbocycles. The summed E-state index contributed by atoms with van der Waals surface area (Å²) in [4.78, 5) is 42.2. The molecule has 0 N–H and O–H groups in total. The third kappa shape index (κ3) is 9.55. The zero-order valence-corrected chi connectivity index (χ0v) is 33.2. The molecular weight excluding hydrogens is 667 g/mol. The Labute approximate surface area is 312 Å². The van der Waals surface area contributed by atoms with Crippen molar-refractivity contribution < 1.29 is 28.3 Å². The van der Waals surface area contributed by atoms with Crippen molar-refractivity contribution in [2.24, 2.45) is 17.3 Å². The first kappa shape index (κ1) is 40.9. The van der Waals surface area contributed by atoms with E-state index in [1.165, 1.54) is 10.4 Å². The third-order valence-corrected chi connectivity index (χ3v) is 15.4. The molecule has 3 aromatic rings. The molecule has 52 heavy (non-hydrogen) atoms. The monoisotopic (exact) mass is 723 g/mol. The minimum absolute atomic E-state index is 0.0144. The SMILES string of the molecule is C[C@H]1CC(=O)[C@](CCC#N)(C(=O)OC(C)(C)C)[C@H](CC(=O)CCCCO[Si](c2ccccc2)(c2ccccc2)C(C)(C)C)[C@@H]1OCc1ccccc1. The number of Topliss-reactive ketones (excluding diaryl/α,β-unsaturated/α-hetero) is 2. The van der Waals surface area contributed by atoms with Crippen LogP contribution in [0.3, 0.4) is 0 Å². The molecule has 0 radical (unpaired) electrons. The summed E-state index contributed by atoms with van der Waals surface area (Å²) in [6.45, 7) is 14.7. The number of carbonyl (C=O) groups excluding carboxylic acids is 3. The molecule has 4 atom stereocenters. The van der Waals surface area contributed by atoms with Gasteiger partial charge in [-0.1, -0.05) is 119 Å². The van der Waals surface area contributed by atoms with Crippen molar-refractivity contribution >= 4 is 36.2 Å². The van der Waals surface area contributed by atoms with Gasteiger partial charge in [-0.15, -0.1) is 0 Å². The normalized spacial score (nSPS) is 21.0. The van der Waals surface area contributed by atoms with Gasteiger partial charge in [-0.25, -0.2) is 0 Å². The fourth-order valence-corrected chi connectivity index (χ4v) is 12.5. The molecule has 0 saturated heterocycles. The second kappa shape index (κ2) is 17.7. The third-order valence-electron chi connectivity index (χ3n) is 10.3. The first-order valence-electron chi connectivity index (χ1n) is 18.7. The lowest BCUT2D eigenvalue weighted by atomic mass is 9.57. The highest BCUT2D eigenvalue weighted by atomic mass is 28.4. The molecule has 1 aliphatic carbocycles. The van der Waals surface area contributed by atoms with Crippen molar-refractivity contribution in [3.8, 4) is 6.07 Å². The van der Waals surface area contributed by atoms with E-state index < -0.39 is 37.3 Å². The fourth-order valence-electron chi connectivity index (χ4n) is 7.88. The maximum absolute atomic E-state index is 14.1. The predicted molar refractivity (Wildman–Crippen MR) is 207 cm³/mol. The van der Waals surface area contributed by atoms with Crippen LogP contribution in [0.1, 0.15) is 99.0 Å². The molecule has 8 heteroatoms. The van der Waals surface area contributed by atoms with Crippen molar-refractivity contribution in [3.63, 3.8) is 0 Å². The lowest BCUT2D eigenvalue weighted by Gasteiger charge is -2.48. The van der Waals surface area contributed by atoms with Gasteiger partial charge in [0.2, 0.25) is 0 Å². The standard InChI is InChI=1S/C44H57NO6Si/c1-33-30-39(47)44(27-19-28-45,41(48)51-42(2,3)4)38(40(33)49-32-34-20-11-8-12-21-34)31-35(46)22-17-18-29-50-52(43(5,6)7,36-23-13-9-14-24-36)37-25-15-10-16-26-37/h8-16,20-21,23-26,33,38,40H,17-19,22,27,29-32H2,1-7H3/t33-,38+,40+,44+/m0/s1. The second-order valence-electron chi connectivity index (χ2n) is 16.3. The van der Waals surface area contributed by atoms with Crippen molar-refractivity contribution in [1.82, 2.24) is 0 Å². The molecule has 0 spiro atoms. The quantitative estimate of drug-likeness (QED) is 0.0637. The van der Waals surface area contributed by atoms with Crippen molar-refractivity contribution in [2.75, 3.05) is 6.61 Å². The van der Waals surface area contributed by atoms with E-state index in [9.17, 15) is 19.6 Å². The van der Waals surface area contributed by atoms with Crippen LogP contribution in [0.25, 0.3) is 0 Å². The zero-order valence-electron chi connectivity index (χ0n) is 32.2. The van der Waals surface area contributed by atoms with Gasteiger partial charge in [0.1, 0.15) is 16.8 Å².